The first-order valence-electron chi connectivity index (χ1n) is 5.34. The summed E-state index contributed by atoms with van der Waals surface area (Å²) in [7, 11) is 0. The number of carbonyl (C=O) groups excluding carboxylic acids is 1. The Labute approximate surface area is 90.6 Å². The lowest BCUT2D eigenvalue weighted by Crippen LogP contribution is -1.92. The molecule has 0 fully saturated rings. The van der Waals surface area contributed by atoms with Gasteiger partial charge in [0.25, 0.3) is 0 Å². The van der Waals surface area contributed by atoms with Crippen LogP contribution in [-0.2, 0) is 4.74 Å². The van der Waals surface area contributed by atoms with Gasteiger partial charge in [-0.05, 0) is 18.6 Å². The fraction of sp³-hybridized carbons (Fsp3) is 0.308. The van der Waals surface area contributed by atoms with Crippen molar-refractivity contribution in [2.75, 3.05) is 0 Å². The first kappa shape index (κ1) is 11.5. The van der Waals surface area contributed by atoms with Gasteiger partial charge in [-0.15, -0.1) is 0 Å². The van der Waals surface area contributed by atoms with Crippen LogP contribution in [0.1, 0.15) is 43.1 Å². The lowest BCUT2D eigenvalue weighted by molar-refractivity contribution is 0.0715. The van der Waals surface area contributed by atoms with E-state index in [-0.39, 0.29) is 5.97 Å². The fourth-order valence-corrected chi connectivity index (χ4v) is 1.42. The molecule has 0 bridgehead atoms. The Balaban J connectivity index is 0.000000531. The number of fused-ring (bicyclic) bond motifs is 1. The Bertz CT molecular complexity index is 378. The summed E-state index contributed by atoms with van der Waals surface area (Å²) in [5.74, 6) is 0.457. The lowest BCUT2D eigenvalue weighted by Gasteiger charge is -1.95. The van der Waals surface area contributed by atoms with Gasteiger partial charge < -0.3 is 4.74 Å². The van der Waals surface area contributed by atoms with E-state index < -0.39 is 0 Å². The largest absolute Gasteiger partial charge is 0.423 e. The van der Waals surface area contributed by atoms with Gasteiger partial charge in [-0.3, -0.25) is 0 Å². The maximum Gasteiger partial charge on any atom is 0.344 e. The van der Waals surface area contributed by atoms with Crippen molar-refractivity contribution in [3.05, 3.63) is 41.5 Å². The van der Waals surface area contributed by atoms with Crippen LogP contribution in [0, 0.1) is 0 Å². The average molecular weight is 204 g/mol. The molecule has 2 heteroatoms. The molecule has 2 nitrogen and oxygen atoms in total. The first-order valence-corrected chi connectivity index (χ1v) is 5.34. The number of benzene rings is 1. The number of ether oxygens (including phenoxy) is 1. The second-order valence-electron chi connectivity index (χ2n) is 2.91. The highest BCUT2D eigenvalue weighted by atomic mass is 16.5. The Kier molecular flexibility index (Phi) is 4.10. The van der Waals surface area contributed by atoms with E-state index in [1.165, 1.54) is 0 Å². The van der Waals surface area contributed by atoms with Crippen molar-refractivity contribution in [2.24, 2.45) is 0 Å². The summed E-state index contributed by atoms with van der Waals surface area (Å²) < 4.78 is 5.09. The van der Waals surface area contributed by atoms with Crippen molar-refractivity contribution < 1.29 is 9.53 Å². The zero-order chi connectivity index (χ0) is 11.3. The van der Waals surface area contributed by atoms with Crippen LogP contribution in [0.5, 0.6) is 0 Å². The molecule has 1 aliphatic rings. The van der Waals surface area contributed by atoms with Crippen LogP contribution in [0.2, 0.25) is 0 Å². The van der Waals surface area contributed by atoms with Gasteiger partial charge in [0.05, 0.1) is 5.56 Å². The molecule has 80 valence electrons. The van der Waals surface area contributed by atoms with Gasteiger partial charge in [-0.1, -0.05) is 39.0 Å². The standard InChI is InChI=1S/C11H10O2.C2H6/c1-2-5-10-8-6-3-4-7-9(8)11(12)13-10;1-2/h3-7H,2H2,1H3;1-2H3/b10-5-;. The van der Waals surface area contributed by atoms with E-state index in [9.17, 15) is 4.79 Å². The van der Waals surface area contributed by atoms with Crippen LogP contribution in [0.4, 0.5) is 0 Å². The summed E-state index contributed by atoms with van der Waals surface area (Å²) >= 11 is 0. The van der Waals surface area contributed by atoms with Crippen LogP contribution >= 0.6 is 0 Å². The van der Waals surface area contributed by atoms with E-state index in [1.807, 2.05) is 45.0 Å². The Morgan fingerprint density at radius 1 is 1.20 bits per heavy atom. The van der Waals surface area contributed by atoms with Crippen molar-refractivity contribution in [3.63, 3.8) is 0 Å². The van der Waals surface area contributed by atoms with Gasteiger partial charge in [0, 0.05) is 5.56 Å². The maximum absolute atomic E-state index is 11.3. The molecule has 0 spiro atoms. The van der Waals surface area contributed by atoms with Crippen LogP contribution in [0.3, 0.4) is 0 Å². The fourth-order valence-electron chi connectivity index (χ4n) is 1.42. The minimum Gasteiger partial charge on any atom is -0.423 e. The van der Waals surface area contributed by atoms with Gasteiger partial charge in [0.15, 0.2) is 0 Å². The van der Waals surface area contributed by atoms with Crippen molar-refractivity contribution in [1.82, 2.24) is 0 Å². The molecule has 1 heterocycles. The quantitative estimate of drug-likeness (QED) is 0.653. The molecule has 0 aromatic heterocycles. The summed E-state index contributed by atoms with van der Waals surface area (Å²) in [6, 6.07) is 7.44. The molecule has 1 aliphatic heterocycles. The van der Waals surface area contributed by atoms with Crippen molar-refractivity contribution >= 4 is 11.7 Å². The lowest BCUT2D eigenvalue weighted by atomic mass is 10.1. The van der Waals surface area contributed by atoms with E-state index in [1.54, 1.807) is 6.07 Å². The molecule has 0 N–H and O–H groups in total. The molecule has 0 aliphatic carbocycles. The van der Waals surface area contributed by atoms with Crippen molar-refractivity contribution in [3.8, 4) is 0 Å². The minimum atomic E-state index is -0.240. The molecule has 2 rings (SSSR count). The van der Waals surface area contributed by atoms with Gasteiger partial charge in [-0.25, -0.2) is 4.79 Å². The Hall–Kier alpha value is -1.57. The predicted molar refractivity (Wildman–Crippen MR) is 61.5 cm³/mol. The molecule has 0 saturated carbocycles. The molecule has 0 amide bonds. The minimum absolute atomic E-state index is 0.240. The number of esters is 1. The molecule has 1 aromatic rings. The smallest absolute Gasteiger partial charge is 0.344 e. The highest BCUT2D eigenvalue weighted by Gasteiger charge is 2.24. The van der Waals surface area contributed by atoms with Gasteiger partial charge >= 0.3 is 5.97 Å². The molecule has 0 saturated heterocycles. The van der Waals surface area contributed by atoms with Crippen LogP contribution < -0.4 is 0 Å². The third-order valence-corrected chi connectivity index (χ3v) is 2.00. The van der Waals surface area contributed by atoms with Gasteiger partial charge in [-0.2, -0.15) is 0 Å². The van der Waals surface area contributed by atoms with E-state index in [2.05, 4.69) is 0 Å². The summed E-state index contributed by atoms with van der Waals surface area (Å²) in [6.07, 6.45) is 2.79. The summed E-state index contributed by atoms with van der Waals surface area (Å²) in [5.41, 5.74) is 1.58. The third-order valence-electron chi connectivity index (χ3n) is 2.00. The zero-order valence-corrected chi connectivity index (χ0v) is 9.41. The van der Waals surface area contributed by atoms with Crippen molar-refractivity contribution in [2.45, 2.75) is 27.2 Å². The average Bonchev–Trinajstić information content (AvgIpc) is 2.61. The maximum atomic E-state index is 11.3. The molecule has 15 heavy (non-hydrogen) atoms. The molecule has 1 aromatic carbocycles. The predicted octanol–water partition coefficient (Wildman–Crippen LogP) is 3.63. The topological polar surface area (TPSA) is 26.3 Å². The van der Waals surface area contributed by atoms with Crippen LogP contribution in [0.15, 0.2) is 30.3 Å². The Morgan fingerprint density at radius 2 is 1.80 bits per heavy atom. The number of cyclic esters (lactones) is 1. The number of allylic oxidation sites excluding steroid dienone is 1. The van der Waals surface area contributed by atoms with E-state index in [0.29, 0.717) is 11.3 Å². The summed E-state index contributed by atoms with van der Waals surface area (Å²) in [4.78, 5) is 11.3. The number of hydrogen-bond acceptors (Lipinski definition) is 2. The second-order valence-corrected chi connectivity index (χ2v) is 2.91. The Morgan fingerprint density at radius 3 is 2.40 bits per heavy atom. The number of rotatable bonds is 1. The number of hydrogen-bond donors (Lipinski definition) is 0. The molecule has 0 unspecified atom stereocenters. The monoisotopic (exact) mass is 204 g/mol. The first-order chi connectivity index (χ1) is 7.33. The molecular weight excluding hydrogens is 188 g/mol. The SMILES string of the molecule is CC.CC/C=C1\OC(=O)c2ccccc21. The highest BCUT2D eigenvalue weighted by Crippen LogP contribution is 2.29. The number of carbonyl (C=O) groups is 1. The normalized spacial score (nSPS) is 15.4. The summed E-state index contributed by atoms with van der Waals surface area (Å²) in [6.45, 7) is 6.02. The van der Waals surface area contributed by atoms with E-state index in [4.69, 9.17) is 4.74 Å². The molecule has 0 atom stereocenters. The molecular formula is C13H16O2. The summed E-state index contributed by atoms with van der Waals surface area (Å²) in [5, 5.41) is 0. The third kappa shape index (κ3) is 2.27. The zero-order valence-electron chi connectivity index (χ0n) is 9.41. The van der Waals surface area contributed by atoms with E-state index in [0.717, 1.165) is 12.0 Å². The van der Waals surface area contributed by atoms with E-state index >= 15 is 0 Å². The van der Waals surface area contributed by atoms with Crippen LogP contribution in [-0.4, -0.2) is 5.97 Å². The van der Waals surface area contributed by atoms with Gasteiger partial charge in [0.2, 0.25) is 0 Å². The van der Waals surface area contributed by atoms with Crippen molar-refractivity contribution in [1.29, 1.82) is 0 Å². The molecule has 0 radical (unpaired) electrons. The highest BCUT2D eigenvalue weighted by molar-refractivity contribution is 6.02. The van der Waals surface area contributed by atoms with Gasteiger partial charge in [0.1, 0.15) is 5.76 Å². The second kappa shape index (κ2) is 5.35. The van der Waals surface area contributed by atoms with Crippen LogP contribution in [0.25, 0.3) is 5.76 Å².